The van der Waals surface area contributed by atoms with Crippen LogP contribution in [0.2, 0.25) is 0 Å². The first kappa shape index (κ1) is 14.0. The van der Waals surface area contributed by atoms with Crippen molar-refractivity contribution in [3.05, 3.63) is 53.3 Å². The van der Waals surface area contributed by atoms with Gasteiger partial charge in [-0.25, -0.2) is 0 Å². The minimum absolute atomic E-state index is 0.0931. The Morgan fingerprint density at radius 1 is 1.05 bits per heavy atom. The van der Waals surface area contributed by atoms with E-state index in [1.54, 1.807) is 13.0 Å². The normalized spacial score (nSPS) is 11.2. The molecular formula is C13H10F3N3O. The van der Waals surface area contributed by atoms with Gasteiger partial charge in [0.1, 0.15) is 0 Å². The molecule has 0 saturated carbocycles. The maximum absolute atomic E-state index is 12.4. The monoisotopic (exact) mass is 281 g/mol. The highest BCUT2D eigenvalue weighted by Crippen LogP contribution is 2.29. The van der Waals surface area contributed by atoms with Crippen LogP contribution in [0.1, 0.15) is 21.7 Å². The Hall–Kier alpha value is -2.44. The fourth-order valence-corrected chi connectivity index (χ4v) is 1.46. The van der Waals surface area contributed by atoms with Crippen LogP contribution in [0.4, 0.5) is 18.9 Å². The van der Waals surface area contributed by atoms with E-state index in [9.17, 15) is 18.0 Å². The van der Waals surface area contributed by atoms with E-state index in [1.165, 1.54) is 18.2 Å². The number of carbonyl (C=O) groups is 1. The van der Waals surface area contributed by atoms with Crippen LogP contribution in [0.15, 0.2) is 36.4 Å². The number of amides is 1. The number of nitrogens with one attached hydrogen (secondary N) is 1. The van der Waals surface area contributed by atoms with E-state index in [0.29, 0.717) is 5.69 Å². The zero-order chi connectivity index (χ0) is 14.8. The minimum Gasteiger partial charge on any atom is -0.321 e. The topological polar surface area (TPSA) is 54.9 Å². The summed E-state index contributed by atoms with van der Waals surface area (Å²) in [7, 11) is 0. The number of benzene rings is 1. The average molecular weight is 281 g/mol. The van der Waals surface area contributed by atoms with Crippen molar-refractivity contribution in [1.29, 1.82) is 0 Å². The molecule has 4 nitrogen and oxygen atoms in total. The maximum Gasteiger partial charge on any atom is 0.416 e. The van der Waals surface area contributed by atoms with Gasteiger partial charge in [-0.2, -0.15) is 18.3 Å². The number of carbonyl (C=O) groups excluding carboxylic acids is 1. The van der Waals surface area contributed by atoms with E-state index in [4.69, 9.17) is 0 Å². The molecule has 2 rings (SSSR count). The number of hydrogen-bond acceptors (Lipinski definition) is 3. The predicted molar refractivity (Wildman–Crippen MR) is 66.2 cm³/mol. The lowest BCUT2D eigenvalue weighted by atomic mass is 10.2. The van der Waals surface area contributed by atoms with Crippen LogP contribution in [0.3, 0.4) is 0 Å². The van der Waals surface area contributed by atoms with Crippen LogP contribution in [-0.2, 0) is 6.18 Å². The molecule has 1 aromatic heterocycles. The highest BCUT2D eigenvalue weighted by atomic mass is 19.4. The minimum atomic E-state index is -4.40. The largest absolute Gasteiger partial charge is 0.416 e. The summed E-state index contributed by atoms with van der Waals surface area (Å²) in [6.45, 7) is 1.73. The van der Waals surface area contributed by atoms with Crippen molar-refractivity contribution in [2.45, 2.75) is 13.1 Å². The van der Waals surface area contributed by atoms with Crippen LogP contribution in [0, 0.1) is 6.92 Å². The molecule has 0 fully saturated rings. The van der Waals surface area contributed by atoms with Crippen LogP contribution < -0.4 is 5.32 Å². The summed E-state index contributed by atoms with van der Waals surface area (Å²) < 4.78 is 37.1. The zero-order valence-corrected chi connectivity index (χ0v) is 10.4. The Kier molecular flexibility index (Phi) is 3.69. The number of hydrogen-bond donors (Lipinski definition) is 1. The summed E-state index contributed by atoms with van der Waals surface area (Å²) in [6.07, 6.45) is -4.40. The average Bonchev–Trinajstić information content (AvgIpc) is 2.39. The molecular weight excluding hydrogens is 271 g/mol. The number of nitrogens with zero attached hydrogens (tertiary/aromatic N) is 2. The van der Waals surface area contributed by atoms with E-state index < -0.39 is 17.6 Å². The van der Waals surface area contributed by atoms with Gasteiger partial charge in [0.05, 0.1) is 11.3 Å². The summed E-state index contributed by atoms with van der Waals surface area (Å²) in [5, 5.41) is 9.87. The first-order chi connectivity index (χ1) is 9.36. The lowest BCUT2D eigenvalue weighted by molar-refractivity contribution is -0.137. The molecule has 1 N–H and O–H groups in total. The van der Waals surface area contributed by atoms with Gasteiger partial charge in [0.25, 0.3) is 5.91 Å². The molecule has 0 radical (unpaired) electrons. The Bertz CT molecular complexity index is 606. The summed E-state index contributed by atoms with van der Waals surface area (Å²) in [5.74, 6) is -0.530. The fourth-order valence-electron chi connectivity index (χ4n) is 1.46. The second-order valence-corrected chi connectivity index (χ2v) is 4.09. The molecule has 7 heteroatoms. The molecule has 1 amide bonds. The van der Waals surface area contributed by atoms with Crippen LogP contribution in [0.5, 0.6) is 0 Å². The summed E-state index contributed by atoms with van der Waals surface area (Å²) >= 11 is 0. The Morgan fingerprint density at radius 2 is 1.70 bits per heavy atom. The summed E-state index contributed by atoms with van der Waals surface area (Å²) in [5.41, 5.74) is 0.238. The molecule has 0 unspecified atom stereocenters. The molecule has 2 aromatic rings. The van der Waals surface area contributed by atoms with Crippen molar-refractivity contribution in [3.8, 4) is 0 Å². The van der Waals surface area contributed by atoms with E-state index >= 15 is 0 Å². The lowest BCUT2D eigenvalue weighted by Gasteiger charge is -2.08. The third kappa shape index (κ3) is 3.31. The quantitative estimate of drug-likeness (QED) is 0.920. The third-order valence-corrected chi connectivity index (χ3v) is 2.50. The van der Waals surface area contributed by atoms with E-state index in [0.717, 1.165) is 12.1 Å². The molecule has 0 atom stereocenters. The van der Waals surface area contributed by atoms with Gasteiger partial charge in [0, 0.05) is 5.69 Å². The van der Waals surface area contributed by atoms with Gasteiger partial charge < -0.3 is 5.32 Å². The number of aromatic nitrogens is 2. The van der Waals surface area contributed by atoms with Gasteiger partial charge >= 0.3 is 6.18 Å². The molecule has 0 aliphatic heterocycles. The van der Waals surface area contributed by atoms with Crippen LogP contribution in [0.25, 0.3) is 0 Å². The second-order valence-electron chi connectivity index (χ2n) is 4.09. The van der Waals surface area contributed by atoms with Crippen LogP contribution >= 0.6 is 0 Å². The molecule has 0 aliphatic carbocycles. The van der Waals surface area contributed by atoms with E-state index in [-0.39, 0.29) is 11.4 Å². The highest BCUT2D eigenvalue weighted by Gasteiger charge is 2.29. The molecule has 1 heterocycles. The zero-order valence-electron chi connectivity index (χ0n) is 10.4. The molecule has 0 saturated heterocycles. The van der Waals surface area contributed by atoms with Gasteiger partial charge in [-0.1, -0.05) is 0 Å². The maximum atomic E-state index is 12.4. The van der Waals surface area contributed by atoms with Crippen LogP contribution in [-0.4, -0.2) is 16.1 Å². The summed E-state index contributed by atoms with van der Waals surface area (Å²) in [6, 6.07) is 7.27. The smallest absolute Gasteiger partial charge is 0.321 e. The molecule has 0 aliphatic rings. The number of alkyl halides is 3. The molecule has 20 heavy (non-hydrogen) atoms. The van der Waals surface area contributed by atoms with Gasteiger partial charge in [-0.3, -0.25) is 4.79 Å². The van der Waals surface area contributed by atoms with Gasteiger partial charge in [0.2, 0.25) is 0 Å². The van der Waals surface area contributed by atoms with Crippen molar-refractivity contribution < 1.29 is 18.0 Å². The van der Waals surface area contributed by atoms with Crippen molar-refractivity contribution in [3.63, 3.8) is 0 Å². The van der Waals surface area contributed by atoms with Gasteiger partial charge in [-0.05, 0) is 43.3 Å². The molecule has 0 spiro atoms. The van der Waals surface area contributed by atoms with Gasteiger partial charge in [-0.15, -0.1) is 5.10 Å². The van der Waals surface area contributed by atoms with E-state index in [1.807, 2.05) is 0 Å². The van der Waals surface area contributed by atoms with Crippen molar-refractivity contribution in [2.24, 2.45) is 0 Å². The SMILES string of the molecule is Cc1ccc(C(=O)Nc2ccc(C(F)(F)F)cc2)nn1. The molecule has 1 aromatic carbocycles. The summed E-state index contributed by atoms with van der Waals surface area (Å²) in [4.78, 5) is 11.8. The highest BCUT2D eigenvalue weighted by molar-refractivity contribution is 6.02. The second kappa shape index (κ2) is 5.28. The first-order valence-corrected chi connectivity index (χ1v) is 5.65. The Morgan fingerprint density at radius 3 is 2.20 bits per heavy atom. The van der Waals surface area contributed by atoms with Gasteiger partial charge in [0.15, 0.2) is 5.69 Å². The van der Waals surface area contributed by atoms with Crippen molar-refractivity contribution in [2.75, 3.05) is 5.32 Å². The predicted octanol–water partition coefficient (Wildman–Crippen LogP) is 3.06. The number of rotatable bonds is 2. The number of halogens is 3. The van der Waals surface area contributed by atoms with E-state index in [2.05, 4.69) is 15.5 Å². The van der Waals surface area contributed by atoms with Crippen molar-refractivity contribution >= 4 is 11.6 Å². The standard InChI is InChI=1S/C13H10F3N3O/c1-8-2-7-11(19-18-8)12(20)17-10-5-3-9(4-6-10)13(14,15)16/h2-7H,1H3,(H,17,20). The Labute approximate surface area is 112 Å². The molecule has 0 bridgehead atoms. The third-order valence-electron chi connectivity index (χ3n) is 2.50. The number of aryl methyl sites for hydroxylation is 1. The fraction of sp³-hybridized carbons (Fsp3) is 0.154. The first-order valence-electron chi connectivity index (χ1n) is 5.65. The van der Waals surface area contributed by atoms with Crippen molar-refractivity contribution in [1.82, 2.24) is 10.2 Å². The molecule has 104 valence electrons. The lowest BCUT2D eigenvalue weighted by Crippen LogP contribution is -2.14. The number of anilines is 1. The Balaban J connectivity index is 2.10.